The molecule has 4 aromatic rings. The Balaban J connectivity index is 1.54. The van der Waals surface area contributed by atoms with Crippen LogP contribution in [0.1, 0.15) is 22.1 Å². The maximum Gasteiger partial charge on any atom is 0.295 e. The Morgan fingerprint density at radius 3 is 2.41 bits per heavy atom. The maximum atomic E-state index is 13.1. The number of amides is 2. The van der Waals surface area contributed by atoms with Crippen molar-refractivity contribution in [2.75, 3.05) is 17.7 Å². The predicted molar refractivity (Wildman–Crippen MR) is 118 cm³/mol. The van der Waals surface area contributed by atoms with Gasteiger partial charge in [-0.3, -0.25) is 9.59 Å². The van der Waals surface area contributed by atoms with Crippen LogP contribution in [0.2, 0.25) is 0 Å². The van der Waals surface area contributed by atoms with Gasteiger partial charge in [-0.2, -0.15) is 0 Å². The Labute approximate surface area is 182 Å². The van der Waals surface area contributed by atoms with Crippen LogP contribution in [-0.2, 0) is 4.79 Å². The lowest BCUT2D eigenvalue weighted by Crippen LogP contribution is -2.12. The maximum absolute atomic E-state index is 13.1. The lowest BCUT2D eigenvalue weighted by atomic mass is 10.2. The molecular weight excluding hydrogens is 415 g/mol. The van der Waals surface area contributed by atoms with Gasteiger partial charge in [0.1, 0.15) is 22.9 Å². The zero-order valence-corrected chi connectivity index (χ0v) is 17.3. The summed E-state index contributed by atoms with van der Waals surface area (Å²) in [6.07, 6.45) is 2.92. The first kappa shape index (κ1) is 20.9. The van der Waals surface area contributed by atoms with E-state index in [4.69, 9.17) is 13.6 Å². The van der Waals surface area contributed by atoms with Crippen molar-refractivity contribution in [3.63, 3.8) is 0 Å². The first-order chi connectivity index (χ1) is 15.4. The number of fused-ring (bicyclic) bond motifs is 1. The normalized spacial score (nSPS) is 11.1. The molecule has 0 radical (unpaired) electrons. The minimum absolute atomic E-state index is 0.0385. The third-order valence-electron chi connectivity index (χ3n) is 4.58. The Bertz CT molecular complexity index is 1320. The van der Waals surface area contributed by atoms with Gasteiger partial charge in [-0.05, 0) is 67.6 Å². The van der Waals surface area contributed by atoms with E-state index in [1.807, 2.05) is 6.92 Å². The molecule has 4 rings (SSSR count). The number of halogens is 1. The van der Waals surface area contributed by atoms with Crippen molar-refractivity contribution in [2.24, 2.45) is 0 Å². The monoisotopic (exact) mass is 434 g/mol. The van der Waals surface area contributed by atoms with Crippen LogP contribution in [0.15, 0.2) is 69.5 Å². The first-order valence-corrected chi connectivity index (χ1v) is 9.66. The number of methoxy groups -OCH3 is 1. The molecule has 0 aliphatic heterocycles. The van der Waals surface area contributed by atoms with Gasteiger partial charge in [-0.1, -0.05) is 0 Å². The van der Waals surface area contributed by atoms with E-state index in [-0.39, 0.29) is 17.4 Å². The van der Waals surface area contributed by atoms with E-state index >= 15 is 0 Å². The molecule has 0 saturated carbocycles. The molecule has 2 aromatic heterocycles. The fourth-order valence-electron chi connectivity index (χ4n) is 3.11. The van der Waals surface area contributed by atoms with Gasteiger partial charge >= 0.3 is 0 Å². The van der Waals surface area contributed by atoms with Crippen LogP contribution < -0.4 is 15.4 Å². The van der Waals surface area contributed by atoms with E-state index in [2.05, 4.69) is 10.6 Å². The number of benzene rings is 2. The van der Waals surface area contributed by atoms with Gasteiger partial charge in [0.05, 0.1) is 12.5 Å². The van der Waals surface area contributed by atoms with Crippen LogP contribution in [0.3, 0.4) is 0 Å². The predicted octanol–water partition coefficient (Wildman–Crippen LogP) is 5.39. The van der Waals surface area contributed by atoms with Crippen molar-refractivity contribution >= 4 is 40.2 Å². The molecule has 162 valence electrons. The Morgan fingerprint density at radius 1 is 0.969 bits per heavy atom. The molecule has 0 atom stereocenters. The van der Waals surface area contributed by atoms with Gasteiger partial charge in [0.15, 0.2) is 5.75 Å². The summed E-state index contributed by atoms with van der Waals surface area (Å²) in [6, 6.07) is 13.8. The molecule has 32 heavy (non-hydrogen) atoms. The second kappa shape index (κ2) is 8.81. The number of ether oxygens (including phenoxy) is 1. The number of carbonyl (C=O) groups is 2. The highest BCUT2D eigenvalue weighted by Crippen LogP contribution is 2.35. The summed E-state index contributed by atoms with van der Waals surface area (Å²) in [6.45, 7) is 1.82. The molecule has 0 aliphatic rings. The lowest BCUT2D eigenvalue weighted by Gasteiger charge is -2.05. The molecule has 2 amide bonds. The quantitative estimate of drug-likeness (QED) is 0.397. The molecule has 0 saturated heterocycles. The van der Waals surface area contributed by atoms with Gasteiger partial charge in [-0.15, -0.1) is 0 Å². The van der Waals surface area contributed by atoms with Gasteiger partial charge in [0, 0.05) is 17.5 Å². The minimum Gasteiger partial charge on any atom is -0.492 e. The van der Waals surface area contributed by atoms with Crippen molar-refractivity contribution in [3.05, 3.63) is 83.8 Å². The Kier molecular flexibility index (Phi) is 5.76. The number of nitrogens with one attached hydrogen (secondary N) is 2. The number of carbonyl (C=O) groups excluding carboxylic acids is 2. The summed E-state index contributed by atoms with van der Waals surface area (Å²) in [4.78, 5) is 24.9. The van der Waals surface area contributed by atoms with Gasteiger partial charge in [0.2, 0.25) is 11.7 Å². The summed E-state index contributed by atoms with van der Waals surface area (Å²) >= 11 is 0. The molecule has 0 fully saturated rings. The molecule has 0 unspecified atom stereocenters. The number of aryl methyl sites for hydroxylation is 1. The van der Waals surface area contributed by atoms with Crippen molar-refractivity contribution in [1.82, 2.24) is 0 Å². The average Bonchev–Trinajstić information content (AvgIpc) is 3.36. The highest BCUT2D eigenvalue weighted by Gasteiger charge is 2.22. The molecule has 2 N–H and O–H groups in total. The van der Waals surface area contributed by atoms with Crippen LogP contribution in [0.25, 0.3) is 17.0 Å². The summed E-state index contributed by atoms with van der Waals surface area (Å²) in [7, 11) is 1.41. The Hall–Kier alpha value is -4.33. The third kappa shape index (κ3) is 4.54. The van der Waals surface area contributed by atoms with Crippen LogP contribution in [0.4, 0.5) is 15.8 Å². The second-order valence-electron chi connectivity index (χ2n) is 6.91. The fourth-order valence-corrected chi connectivity index (χ4v) is 3.11. The highest BCUT2D eigenvalue weighted by molar-refractivity contribution is 6.09. The third-order valence-corrected chi connectivity index (χ3v) is 4.58. The SMILES string of the molecule is COc1c(C(=O)Nc2ccc(F)cc2)oc2ccc(NC(=O)C=Cc3ccc(C)o3)cc12. The van der Waals surface area contributed by atoms with E-state index < -0.39 is 11.7 Å². The standard InChI is InChI=1S/C24H19FN2O5/c1-14-3-9-18(31-14)10-12-21(28)26-17-8-11-20-19(13-17)22(30-2)23(32-20)24(29)27-16-6-4-15(25)5-7-16/h3-13H,1-2H3,(H,26,28)(H,27,29). The number of anilines is 2. The van der Waals surface area contributed by atoms with Gasteiger partial charge in [-0.25, -0.2) is 4.39 Å². The second-order valence-corrected chi connectivity index (χ2v) is 6.91. The van der Waals surface area contributed by atoms with Crippen molar-refractivity contribution < 1.29 is 27.6 Å². The largest absolute Gasteiger partial charge is 0.492 e. The number of hydrogen-bond acceptors (Lipinski definition) is 5. The smallest absolute Gasteiger partial charge is 0.295 e. The zero-order chi connectivity index (χ0) is 22.7. The number of furan rings is 2. The summed E-state index contributed by atoms with van der Waals surface area (Å²) in [5.41, 5.74) is 1.31. The van der Waals surface area contributed by atoms with Crippen molar-refractivity contribution in [1.29, 1.82) is 0 Å². The van der Waals surface area contributed by atoms with Gasteiger partial charge < -0.3 is 24.2 Å². The summed E-state index contributed by atoms with van der Waals surface area (Å²) in [5, 5.41) is 5.89. The zero-order valence-electron chi connectivity index (χ0n) is 17.3. The highest BCUT2D eigenvalue weighted by atomic mass is 19.1. The number of hydrogen-bond donors (Lipinski definition) is 2. The van der Waals surface area contributed by atoms with Crippen molar-refractivity contribution in [3.8, 4) is 5.75 Å². The van der Waals surface area contributed by atoms with Gasteiger partial charge in [0.25, 0.3) is 5.91 Å². The molecule has 2 heterocycles. The fraction of sp³-hybridized carbons (Fsp3) is 0.0833. The summed E-state index contributed by atoms with van der Waals surface area (Å²) in [5.74, 6) is 0.194. The topological polar surface area (TPSA) is 93.7 Å². The lowest BCUT2D eigenvalue weighted by molar-refractivity contribution is -0.111. The molecule has 8 heteroatoms. The molecule has 0 bridgehead atoms. The Morgan fingerprint density at radius 2 is 1.72 bits per heavy atom. The van der Waals surface area contributed by atoms with E-state index in [0.29, 0.717) is 28.1 Å². The van der Waals surface area contributed by atoms with Crippen LogP contribution in [0, 0.1) is 12.7 Å². The molecule has 2 aromatic carbocycles. The van der Waals surface area contributed by atoms with Crippen LogP contribution in [0.5, 0.6) is 5.75 Å². The summed E-state index contributed by atoms with van der Waals surface area (Å²) < 4.78 is 29.5. The molecule has 0 spiro atoms. The number of rotatable bonds is 6. The van der Waals surface area contributed by atoms with E-state index in [9.17, 15) is 14.0 Å². The van der Waals surface area contributed by atoms with Crippen molar-refractivity contribution in [2.45, 2.75) is 6.92 Å². The van der Waals surface area contributed by atoms with E-state index in [0.717, 1.165) is 5.76 Å². The van der Waals surface area contributed by atoms with Crippen LogP contribution >= 0.6 is 0 Å². The first-order valence-electron chi connectivity index (χ1n) is 9.66. The van der Waals surface area contributed by atoms with E-state index in [1.54, 1.807) is 36.4 Å². The molecule has 7 nitrogen and oxygen atoms in total. The van der Waals surface area contributed by atoms with E-state index in [1.165, 1.54) is 37.5 Å². The van der Waals surface area contributed by atoms with Crippen LogP contribution in [-0.4, -0.2) is 18.9 Å². The minimum atomic E-state index is -0.549. The molecular formula is C24H19FN2O5. The molecule has 0 aliphatic carbocycles. The average molecular weight is 434 g/mol.